The summed E-state index contributed by atoms with van der Waals surface area (Å²) in [6.07, 6.45) is 2.95. The summed E-state index contributed by atoms with van der Waals surface area (Å²) in [7, 11) is 0. The quantitative estimate of drug-likeness (QED) is 0.765. The molecule has 0 aromatic heterocycles. The van der Waals surface area contributed by atoms with Crippen molar-refractivity contribution in [1.29, 1.82) is 0 Å². The van der Waals surface area contributed by atoms with E-state index in [-0.39, 0.29) is 23.6 Å². The molecule has 0 spiro atoms. The van der Waals surface area contributed by atoms with E-state index in [4.69, 9.17) is 4.74 Å². The van der Waals surface area contributed by atoms with Gasteiger partial charge in [0.2, 0.25) is 0 Å². The highest BCUT2D eigenvalue weighted by Gasteiger charge is 2.38. The molecule has 0 aliphatic heterocycles. The summed E-state index contributed by atoms with van der Waals surface area (Å²) in [6.45, 7) is 2.18. The maximum Gasteiger partial charge on any atom is 0.309 e. The molecule has 0 radical (unpaired) electrons. The van der Waals surface area contributed by atoms with Crippen LogP contribution in [0.25, 0.3) is 0 Å². The first-order valence-electron chi connectivity index (χ1n) is 6.95. The molecular formula is C16H20O3. The van der Waals surface area contributed by atoms with E-state index >= 15 is 0 Å². The van der Waals surface area contributed by atoms with Crippen LogP contribution in [-0.4, -0.2) is 18.4 Å². The maximum atomic E-state index is 12.3. The van der Waals surface area contributed by atoms with Crippen LogP contribution in [0.5, 0.6) is 0 Å². The third-order valence-electron chi connectivity index (χ3n) is 3.74. The average molecular weight is 260 g/mol. The fourth-order valence-electron chi connectivity index (χ4n) is 2.80. The molecule has 3 heteroatoms. The Morgan fingerprint density at radius 1 is 1.16 bits per heavy atom. The molecule has 0 bridgehead atoms. The van der Waals surface area contributed by atoms with Crippen molar-refractivity contribution < 1.29 is 14.3 Å². The van der Waals surface area contributed by atoms with Crippen molar-refractivity contribution in [3.8, 4) is 0 Å². The van der Waals surface area contributed by atoms with Gasteiger partial charge in [-0.1, -0.05) is 36.8 Å². The van der Waals surface area contributed by atoms with Crippen LogP contribution in [-0.2, 0) is 20.7 Å². The summed E-state index contributed by atoms with van der Waals surface area (Å²) in [5.74, 6) is -0.413. The maximum absolute atomic E-state index is 12.3. The number of carbonyl (C=O) groups is 2. The Bertz CT molecular complexity index is 439. The Morgan fingerprint density at radius 2 is 1.84 bits per heavy atom. The smallest absolute Gasteiger partial charge is 0.309 e. The van der Waals surface area contributed by atoms with Crippen LogP contribution < -0.4 is 0 Å². The molecule has 1 aromatic carbocycles. The third kappa shape index (κ3) is 3.43. The zero-order chi connectivity index (χ0) is 13.7. The van der Waals surface area contributed by atoms with Crippen LogP contribution in [0.2, 0.25) is 0 Å². The van der Waals surface area contributed by atoms with Gasteiger partial charge in [-0.25, -0.2) is 0 Å². The molecule has 1 aromatic rings. The minimum Gasteiger partial charge on any atom is -0.466 e. The first-order chi connectivity index (χ1) is 9.22. The number of carbonyl (C=O) groups excluding carboxylic acids is 2. The van der Waals surface area contributed by atoms with E-state index in [1.165, 1.54) is 0 Å². The molecular weight excluding hydrogens is 240 g/mol. The van der Waals surface area contributed by atoms with Crippen molar-refractivity contribution in [3.05, 3.63) is 35.9 Å². The number of hydrogen-bond donors (Lipinski definition) is 0. The molecule has 0 saturated heterocycles. The largest absolute Gasteiger partial charge is 0.466 e. The number of benzene rings is 1. The predicted octanol–water partition coefficient (Wildman–Crippen LogP) is 2.78. The van der Waals surface area contributed by atoms with E-state index < -0.39 is 0 Å². The predicted molar refractivity (Wildman–Crippen MR) is 72.6 cm³/mol. The van der Waals surface area contributed by atoms with E-state index in [1.807, 2.05) is 30.3 Å². The zero-order valence-electron chi connectivity index (χ0n) is 11.3. The summed E-state index contributed by atoms with van der Waals surface area (Å²) < 4.78 is 5.07. The van der Waals surface area contributed by atoms with Gasteiger partial charge in [-0.2, -0.15) is 0 Å². The van der Waals surface area contributed by atoms with Crippen LogP contribution in [0, 0.1) is 11.8 Å². The lowest BCUT2D eigenvalue weighted by Gasteiger charge is -2.17. The Balaban J connectivity index is 2.00. The first-order valence-corrected chi connectivity index (χ1v) is 6.95. The Morgan fingerprint density at radius 3 is 2.53 bits per heavy atom. The zero-order valence-corrected chi connectivity index (χ0v) is 11.3. The highest BCUT2D eigenvalue weighted by molar-refractivity contribution is 5.88. The number of ketones is 1. The van der Waals surface area contributed by atoms with Gasteiger partial charge in [0.15, 0.2) is 0 Å². The standard InChI is InChI=1S/C16H20O3/c1-2-19-16(18)14-10-6-9-13(14)15(17)11-12-7-4-3-5-8-12/h3-5,7-8,13-14H,2,6,9-11H2,1H3/t13-,14+/m0/s1. The Hall–Kier alpha value is -1.64. The number of Topliss-reactive ketones (excluding diaryl/α,β-unsaturated/α-hetero) is 1. The SMILES string of the molecule is CCOC(=O)[C@@H]1CCC[C@@H]1C(=O)Cc1ccccc1. The van der Waals surface area contributed by atoms with Crippen molar-refractivity contribution in [2.24, 2.45) is 11.8 Å². The molecule has 0 N–H and O–H groups in total. The van der Waals surface area contributed by atoms with Gasteiger partial charge in [0.05, 0.1) is 12.5 Å². The summed E-state index contributed by atoms with van der Waals surface area (Å²) in [6, 6.07) is 9.70. The summed E-state index contributed by atoms with van der Waals surface area (Å²) in [4.78, 5) is 24.2. The number of ether oxygens (including phenoxy) is 1. The molecule has 3 nitrogen and oxygen atoms in total. The molecule has 1 aliphatic carbocycles. The second-order valence-electron chi connectivity index (χ2n) is 5.02. The van der Waals surface area contributed by atoms with Crippen LogP contribution in [0.3, 0.4) is 0 Å². The number of hydrogen-bond acceptors (Lipinski definition) is 3. The van der Waals surface area contributed by atoms with Gasteiger partial charge >= 0.3 is 5.97 Å². The van der Waals surface area contributed by atoms with Crippen LogP contribution in [0.4, 0.5) is 0 Å². The molecule has 2 atom stereocenters. The molecule has 1 aliphatic rings. The van der Waals surface area contributed by atoms with Gasteiger partial charge in [0, 0.05) is 12.3 Å². The number of esters is 1. The van der Waals surface area contributed by atoms with Gasteiger partial charge < -0.3 is 4.74 Å². The highest BCUT2D eigenvalue weighted by Crippen LogP contribution is 2.34. The number of rotatable bonds is 5. The second kappa shape index (κ2) is 6.50. The minimum atomic E-state index is -0.226. The highest BCUT2D eigenvalue weighted by atomic mass is 16.5. The van der Waals surface area contributed by atoms with Crippen molar-refractivity contribution >= 4 is 11.8 Å². The van der Waals surface area contributed by atoms with E-state index in [9.17, 15) is 9.59 Å². The lowest BCUT2D eigenvalue weighted by atomic mass is 9.89. The summed E-state index contributed by atoms with van der Waals surface area (Å²) in [5, 5.41) is 0. The van der Waals surface area contributed by atoms with E-state index in [1.54, 1.807) is 6.92 Å². The van der Waals surface area contributed by atoms with Gasteiger partial charge in [0.25, 0.3) is 0 Å². The molecule has 2 rings (SSSR count). The van der Waals surface area contributed by atoms with Gasteiger partial charge in [-0.05, 0) is 25.3 Å². The fraction of sp³-hybridized carbons (Fsp3) is 0.500. The van der Waals surface area contributed by atoms with Crippen LogP contribution in [0.1, 0.15) is 31.7 Å². The van der Waals surface area contributed by atoms with Crippen molar-refractivity contribution in [1.82, 2.24) is 0 Å². The van der Waals surface area contributed by atoms with Crippen molar-refractivity contribution in [2.75, 3.05) is 6.61 Å². The topological polar surface area (TPSA) is 43.4 Å². The lowest BCUT2D eigenvalue weighted by molar-refractivity contribution is -0.151. The second-order valence-corrected chi connectivity index (χ2v) is 5.02. The monoisotopic (exact) mass is 260 g/mol. The fourth-order valence-corrected chi connectivity index (χ4v) is 2.80. The van der Waals surface area contributed by atoms with Gasteiger partial charge in [-0.15, -0.1) is 0 Å². The van der Waals surface area contributed by atoms with Gasteiger partial charge in [0.1, 0.15) is 5.78 Å². The van der Waals surface area contributed by atoms with Crippen LogP contribution >= 0.6 is 0 Å². The lowest BCUT2D eigenvalue weighted by Crippen LogP contribution is -2.28. The first kappa shape index (κ1) is 13.8. The molecule has 0 unspecified atom stereocenters. The summed E-state index contributed by atoms with van der Waals surface area (Å²) in [5.41, 5.74) is 1.02. The van der Waals surface area contributed by atoms with E-state index in [0.29, 0.717) is 13.0 Å². The van der Waals surface area contributed by atoms with Crippen LogP contribution in [0.15, 0.2) is 30.3 Å². The molecule has 19 heavy (non-hydrogen) atoms. The molecule has 102 valence electrons. The molecule has 1 saturated carbocycles. The Labute approximate surface area is 114 Å². The average Bonchev–Trinajstić information content (AvgIpc) is 2.89. The van der Waals surface area contributed by atoms with Gasteiger partial charge in [-0.3, -0.25) is 9.59 Å². The van der Waals surface area contributed by atoms with E-state index in [0.717, 1.165) is 24.8 Å². The molecule has 0 amide bonds. The van der Waals surface area contributed by atoms with Crippen molar-refractivity contribution in [2.45, 2.75) is 32.6 Å². The van der Waals surface area contributed by atoms with E-state index in [2.05, 4.69) is 0 Å². The molecule has 1 fully saturated rings. The van der Waals surface area contributed by atoms with Crippen molar-refractivity contribution in [3.63, 3.8) is 0 Å². The Kier molecular flexibility index (Phi) is 4.72. The summed E-state index contributed by atoms with van der Waals surface area (Å²) >= 11 is 0. The minimum absolute atomic E-state index is 0.153. The molecule has 0 heterocycles. The third-order valence-corrected chi connectivity index (χ3v) is 3.74. The normalized spacial score (nSPS) is 22.2.